The third-order valence-electron chi connectivity index (χ3n) is 6.95. The predicted molar refractivity (Wildman–Crippen MR) is 139 cm³/mol. The van der Waals surface area contributed by atoms with E-state index in [9.17, 15) is 13.6 Å². The first-order valence-electron chi connectivity index (χ1n) is 12.2. The number of methoxy groups -OCH3 is 1. The van der Waals surface area contributed by atoms with Gasteiger partial charge in [0.15, 0.2) is 5.82 Å². The van der Waals surface area contributed by atoms with Gasteiger partial charge in [0.2, 0.25) is 0 Å². The van der Waals surface area contributed by atoms with Crippen LogP contribution >= 0.6 is 0 Å². The highest BCUT2D eigenvalue weighted by atomic mass is 19.1. The van der Waals surface area contributed by atoms with Gasteiger partial charge in [-0.1, -0.05) is 12.1 Å². The van der Waals surface area contributed by atoms with E-state index in [1.807, 2.05) is 6.07 Å². The molecule has 4 heterocycles. The fourth-order valence-electron chi connectivity index (χ4n) is 5.26. The average Bonchev–Trinajstić information content (AvgIpc) is 3.57. The van der Waals surface area contributed by atoms with Gasteiger partial charge >= 0.3 is 0 Å². The predicted octanol–water partition coefficient (Wildman–Crippen LogP) is 4.30. The number of hydrogen-bond donors (Lipinski definition) is 2. The quantitative estimate of drug-likeness (QED) is 0.397. The highest BCUT2D eigenvalue weighted by Crippen LogP contribution is 2.42. The lowest BCUT2D eigenvalue weighted by molar-refractivity contribution is 0.102. The van der Waals surface area contributed by atoms with Gasteiger partial charge in [0.25, 0.3) is 5.91 Å². The van der Waals surface area contributed by atoms with Crippen LogP contribution in [0.15, 0.2) is 67.1 Å². The van der Waals surface area contributed by atoms with Crippen molar-refractivity contribution in [3.63, 3.8) is 0 Å². The van der Waals surface area contributed by atoms with Gasteiger partial charge in [-0.05, 0) is 42.8 Å². The summed E-state index contributed by atoms with van der Waals surface area (Å²) in [4.78, 5) is 28.3. The molecule has 0 aliphatic carbocycles. The SMILES string of the molecule is COc1cccc(F)c1-c1nccc(C(=O)Nc2cc(F)cc(-c3cccnc3)c2N2C[C@H]3CC2CN3)n1. The Balaban J connectivity index is 1.40. The highest BCUT2D eigenvalue weighted by Gasteiger charge is 2.39. The Morgan fingerprint density at radius 2 is 2.05 bits per heavy atom. The Labute approximate surface area is 217 Å². The van der Waals surface area contributed by atoms with Crippen molar-refractivity contribution in [3.8, 4) is 28.3 Å². The van der Waals surface area contributed by atoms with Crippen molar-refractivity contribution in [2.45, 2.75) is 18.5 Å². The van der Waals surface area contributed by atoms with Crippen LogP contribution in [-0.2, 0) is 0 Å². The van der Waals surface area contributed by atoms with Crippen LogP contribution in [0.3, 0.4) is 0 Å². The summed E-state index contributed by atoms with van der Waals surface area (Å²) < 4.78 is 34.8. The van der Waals surface area contributed by atoms with Crippen molar-refractivity contribution in [2.24, 2.45) is 0 Å². The molecule has 2 bridgehead atoms. The van der Waals surface area contributed by atoms with E-state index in [4.69, 9.17) is 4.74 Å². The van der Waals surface area contributed by atoms with E-state index >= 15 is 0 Å². The van der Waals surface area contributed by atoms with E-state index < -0.39 is 17.5 Å². The second-order valence-electron chi connectivity index (χ2n) is 9.27. The minimum Gasteiger partial charge on any atom is -0.496 e. The molecule has 1 unspecified atom stereocenters. The fourth-order valence-corrected chi connectivity index (χ4v) is 5.26. The van der Waals surface area contributed by atoms with Gasteiger partial charge in [0.1, 0.15) is 23.1 Å². The van der Waals surface area contributed by atoms with E-state index in [2.05, 4.69) is 30.5 Å². The van der Waals surface area contributed by atoms with Crippen molar-refractivity contribution < 1.29 is 18.3 Å². The van der Waals surface area contributed by atoms with Crippen molar-refractivity contribution in [1.29, 1.82) is 0 Å². The van der Waals surface area contributed by atoms with Gasteiger partial charge < -0.3 is 20.3 Å². The summed E-state index contributed by atoms with van der Waals surface area (Å²) in [6, 6.07) is 12.8. The molecule has 2 fully saturated rings. The summed E-state index contributed by atoms with van der Waals surface area (Å²) in [6.07, 6.45) is 5.68. The molecule has 0 saturated carbocycles. The molecular weight excluding hydrogens is 490 g/mol. The number of carbonyl (C=O) groups excluding carboxylic acids is 1. The number of halogens is 2. The molecule has 0 radical (unpaired) electrons. The molecule has 2 saturated heterocycles. The third-order valence-corrected chi connectivity index (χ3v) is 6.95. The molecule has 2 aliphatic rings. The van der Waals surface area contributed by atoms with Crippen LogP contribution in [-0.4, -0.2) is 53.1 Å². The molecule has 2 aliphatic heterocycles. The first kappa shape index (κ1) is 23.9. The molecular formula is C28H24F2N6O2. The Morgan fingerprint density at radius 3 is 2.79 bits per heavy atom. The number of benzene rings is 2. The molecule has 2 aromatic heterocycles. The molecule has 2 aromatic carbocycles. The van der Waals surface area contributed by atoms with Crippen molar-refractivity contribution >= 4 is 17.3 Å². The van der Waals surface area contributed by atoms with Crippen LogP contribution in [0.5, 0.6) is 5.75 Å². The molecule has 0 spiro atoms. The lowest BCUT2D eigenvalue weighted by atomic mass is 10.0. The van der Waals surface area contributed by atoms with Crippen molar-refractivity contribution in [1.82, 2.24) is 20.3 Å². The number of aromatic nitrogens is 3. The smallest absolute Gasteiger partial charge is 0.274 e. The van der Waals surface area contributed by atoms with E-state index in [1.165, 1.54) is 43.6 Å². The summed E-state index contributed by atoms with van der Waals surface area (Å²) >= 11 is 0. The zero-order valence-corrected chi connectivity index (χ0v) is 20.5. The van der Waals surface area contributed by atoms with E-state index in [0.29, 0.717) is 17.3 Å². The lowest BCUT2D eigenvalue weighted by Crippen LogP contribution is -2.44. The number of ether oxygens (including phenoxy) is 1. The Bertz CT molecular complexity index is 1520. The molecule has 2 atom stereocenters. The van der Waals surface area contributed by atoms with Gasteiger partial charge in [-0.2, -0.15) is 0 Å². The van der Waals surface area contributed by atoms with Crippen molar-refractivity contribution in [3.05, 3.63) is 84.4 Å². The summed E-state index contributed by atoms with van der Waals surface area (Å²) in [5.41, 5.74) is 2.49. The number of pyridine rings is 1. The Hall–Kier alpha value is -4.44. The summed E-state index contributed by atoms with van der Waals surface area (Å²) in [5, 5.41) is 6.33. The maximum absolute atomic E-state index is 15.0. The number of amides is 1. The molecule has 2 N–H and O–H groups in total. The first-order valence-corrected chi connectivity index (χ1v) is 12.2. The molecule has 1 amide bonds. The van der Waals surface area contributed by atoms with Crippen LogP contribution in [0.4, 0.5) is 20.2 Å². The topological polar surface area (TPSA) is 92.3 Å². The molecule has 192 valence electrons. The number of hydrogen-bond acceptors (Lipinski definition) is 7. The summed E-state index contributed by atoms with van der Waals surface area (Å²) in [7, 11) is 1.42. The second kappa shape index (κ2) is 9.79. The molecule has 6 rings (SSSR count). The van der Waals surface area contributed by atoms with Crippen LogP contribution in [0.1, 0.15) is 16.9 Å². The van der Waals surface area contributed by atoms with Gasteiger partial charge in [0, 0.05) is 54.9 Å². The van der Waals surface area contributed by atoms with E-state index in [-0.39, 0.29) is 28.9 Å². The summed E-state index contributed by atoms with van der Waals surface area (Å²) in [6.45, 7) is 1.54. The minimum absolute atomic E-state index is 0.00283. The Morgan fingerprint density at radius 1 is 1.16 bits per heavy atom. The lowest BCUT2D eigenvalue weighted by Gasteiger charge is -2.33. The summed E-state index contributed by atoms with van der Waals surface area (Å²) in [5.74, 6) is -1.40. The van der Waals surface area contributed by atoms with Gasteiger partial charge in [-0.25, -0.2) is 18.7 Å². The van der Waals surface area contributed by atoms with E-state index in [0.717, 1.165) is 30.8 Å². The molecule has 38 heavy (non-hydrogen) atoms. The maximum Gasteiger partial charge on any atom is 0.274 e. The normalized spacial score (nSPS) is 18.0. The number of rotatable bonds is 6. The third kappa shape index (κ3) is 4.32. The number of nitrogens with zero attached hydrogens (tertiary/aromatic N) is 4. The standard InChI is InChI=1S/C28H24F2N6O2/c1-38-24-6-2-5-21(30)25(24)27-32-9-7-22(34-27)28(37)35-23-11-17(29)10-20(16-4-3-8-31-13-16)26(23)36-15-18-12-19(36)14-33-18/h2-11,13,18-19,33H,12,14-15H2,1H3,(H,35,37)/t18-,19?/m1/s1. The molecule has 10 heteroatoms. The average molecular weight is 515 g/mol. The number of nitrogens with one attached hydrogen (secondary N) is 2. The fraction of sp³-hybridized carbons (Fsp3) is 0.214. The zero-order valence-electron chi connectivity index (χ0n) is 20.5. The largest absolute Gasteiger partial charge is 0.496 e. The van der Waals surface area contributed by atoms with Crippen LogP contribution < -0.4 is 20.3 Å². The Kier molecular flexibility index (Phi) is 6.16. The second-order valence-corrected chi connectivity index (χ2v) is 9.27. The first-order chi connectivity index (χ1) is 18.5. The number of carbonyl (C=O) groups is 1. The number of fused-ring (bicyclic) bond motifs is 2. The van der Waals surface area contributed by atoms with Gasteiger partial charge in [-0.3, -0.25) is 9.78 Å². The van der Waals surface area contributed by atoms with Gasteiger partial charge in [-0.15, -0.1) is 0 Å². The van der Waals surface area contributed by atoms with E-state index in [1.54, 1.807) is 24.5 Å². The highest BCUT2D eigenvalue weighted by molar-refractivity contribution is 6.06. The minimum atomic E-state index is -0.576. The maximum atomic E-state index is 15.0. The molecule has 4 aromatic rings. The zero-order chi connectivity index (χ0) is 26.2. The van der Waals surface area contributed by atoms with Crippen molar-refractivity contribution in [2.75, 3.05) is 30.4 Å². The van der Waals surface area contributed by atoms with Crippen LogP contribution in [0.2, 0.25) is 0 Å². The monoisotopic (exact) mass is 514 g/mol. The number of anilines is 2. The van der Waals surface area contributed by atoms with Crippen LogP contribution in [0.25, 0.3) is 22.5 Å². The van der Waals surface area contributed by atoms with Gasteiger partial charge in [0.05, 0.1) is 24.0 Å². The molecule has 8 nitrogen and oxygen atoms in total. The number of piperazine rings is 1. The van der Waals surface area contributed by atoms with Crippen LogP contribution in [0, 0.1) is 11.6 Å².